The number of carbonyl (C=O) groups is 1. The van der Waals surface area contributed by atoms with Crippen LogP contribution >= 0.6 is 0 Å². The summed E-state index contributed by atoms with van der Waals surface area (Å²) in [6.45, 7) is 3.84. The Morgan fingerprint density at radius 2 is 1.80 bits per heavy atom. The molecule has 0 saturated heterocycles. The maximum Gasteiger partial charge on any atom is 0.372 e. The van der Waals surface area contributed by atoms with Crippen molar-refractivity contribution in [2.75, 3.05) is 0 Å². The highest BCUT2D eigenvalue weighted by molar-refractivity contribution is 5.92. The van der Waals surface area contributed by atoms with E-state index in [0.29, 0.717) is 16.9 Å². The quantitative estimate of drug-likeness (QED) is 0.927. The molecule has 0 radical (unpaired) electrons. The number of ether oxygens (including phenoxy) is 1. The lowest BCUT2D eigenvalue weighted by molar-refractivity contribution is 0.0658. The fourth-order valence-electron chi connectivity index (χ4n) is 1.79. The molecule has 1 aromatic heterocycles. The van der Waals surface area contributed by atoms with E-state index in [1.54, 1.807) is 24.3 Å². The van der Waals surface area contributed by atoms with Gasteiger partial charge in [-0.1, -0.05) is 12.1 Å². The molecule has 2 rings (SSSR count). The van der Waals surface area contributed by atoms with Crippen molar-refractivity contribution in [1.29, 1.82) is 0 Å². The molecule has 5 nitrogen and oxygen atoms in total. The third kappa shape index (κ3) is 3.06. The van der Waals surface area contributed by atoms with Crippen molar-refractivity contribution in [3.63, 3.8) is 0 Å². The molecule has 0 fully saturated rings. The van der Waals surface area contributed by atoms with E-state index >= 15 is 0 Å². The summed E-state index contributed by atoms with van der Waals surface area (Å²) in [4.78, 5) is 22.2. The molecule has 1 heterocycles. The van der Waals surface area contributed by atoms with Gasteiger partial charge in [0.05, 0.1) is 6.10 Å². The predicted molar refractivity (Wildman–Crippen MR) is 73.1 cm³/mol. The van der Waals surface area contributed by atoms with Crippen molar-refractivity contribution < 1.29 is 19.1 Å². The topological polar surface area (TPSA) is 76.7 Å². The minimum Gasteiger partial charge on any atom is -0.491 e. The molecule has 0 atom stereocenters. The zero-order chi connectivity index (χ0) is 14.7. The lowest BCUT2D eigenvalue weighted by atomic mass is 10.0. The van der Waals surface area contributed by atoms with Crippen molar-refractivity contribution in [2.24, 2.45) is 0 Å². The van der Waals surface area contributed by atoms with E-state index in [-0.39, 0.29) is 11.9 Å². The second-order valence-electron chi connectivity index (χ2n) is 4.49. The molecule has 0 aliphatic heterocycles. The Balaban J connectivity index is 2.41. The highest BCUT2D eigenvalue weighted by atomic mass is 16.5. The molecule has 0 aliphatic carbocycles. The molecule has 20 heavy (non-hydrogen) atoms. The maximum atomic E-state index is 11.1. The fraction of sp³-hybridized carbons (Fsp3) is 0.200. The van der Waals surface area contributed by atoms with E-state index < -0.39 is 11.6 Å². The number of benzene rings is 1. The predicted octanol–water partition coefficient (Wildman–Crippen LogP) is 2.79. The average molecular weight is 274 g/mol. The zero-order valence-electron chi connectivity index (χ0n) is 11.1. The Morgan fingerprint density at radius 3 is 2.35 bits per heavy atom. The van der Waals surface area contributed by atoms with E-state index in [9.17, 15) is 9.59 Å². The minimum absolute atomic E-state index is 0.0603. The van der Waals surface area contributed by atoms with Crippen LogP contribution < -0.4 is 10.4 Å². The highest BCUT2D eigenvalue weighted by Crippen LogP contribution is 2.25. The molecule has 104 valence electrons. The largest absolute Gasteiger partial charge is 0.491 e. The molecule has 5 heteroatoms. The third-order valence-electron chi connectivity index (χ3n) is 2.56. The molecule has 0 aliphatic rings. The molecular weight excluding hydrogens is 260 g/mol. The van der Waals surface area contributed by atoms with Gasteiger partial charge in [-0.2, -0.15) is 0 Å². The summed E-state index contributed by atoms with van der Waals surface area (Å²) in [6, 6.07) is 9.56. The van der Waals surface area contributed by atoms with Crippen LogP contribution in [0.25, 0.3) is 11.1 Å². The van der Waals surface area contributed by atoms with Crippen LogP contribution in [0.3, 0.4) is 0 Å². The first kappa shape index (κ1) is 13.9. The lowest BCUT2D eigenvalue weighted by Crippen LogP contribution is -2.07. The summed E-state index contributed by atoms with van der Waals surface area (Å²) in [5.74, 6) is -0.951. The molecule has 0 saturated carbocycles. The SMILES string of the molecule is CC(C)Oc1ccc(-c2ccc(=O)oc2C(=O)O)cc1. The van der Waals surface area contributed by atoms with Gasteiger partial charge in [0.15, 0.2) is 0 Å². The molecule has 0 unspecified atom stereocenters. The molecule has 1 N–H and O–H groups in total. The number of rotatable bonds is 4. The average Bonchev–Trinajstić information content (AvgIpc) is 2.39. The van der Waals surface area contributed by atoms with E-state index in [0.717, 1.165) is 0 Å². The summed E-state index contributed by atoms with van der Waals surface area (Å²) < 4.78 is 10.2. The second-order valence-corrected chi connectivity index (χ2v) is 4.49. The minimum atomic E-state index is -1.28. The number of hydrogen-bond acceptors (Lipinski definition) is 4. The summed E-state index contributed by atoms with van der Waals surface area (Å²) in [5.41, 5.74) is 0.307. The van der Waals surface area contributed by atoms with Gasteiger partial charge in [-0.3, -0.25) is 0 Å². The van der Waals surface area contributed by atoms with Crippen LogP contribution in [0.1, 0.15) is 24.4 Å². The fourth-order valence-corrected chi connectivity index (χ4v) is 1.79. The van der Waals surface area contributed by atoms with Gasteiger partial charge in [0.25, 0.3) is 0 Å². The Morgan fingerprint density at radius 1 is 1.15 bits per heavy atom. The van der Waals surface area contributed by atoms with Crippen molar-refractivity contribution in [2.45, 2.75) is 20.0 Å². The second kappa shape index (κ2) is 5.61. The number of carboxylic acid groups (broad SMARTS) is 1. The van der Waals surface area contributed by atoms with Gasteiger partial charge in [-0.15, -0.1) is 0 Å². The van der Waals surface area contributed by atoms with Gasteiger partial charge in [0, 0.05) is 11.6 Å². The van der Waals surface area contributed by atoms with Crippen molar-refractivity contribution in [1.82, 2.24) is 0 Å². The number of carboxylic acids is 1. The summed E-state index contributed by atoms with van der Waals surface area (Å²) in [6.07, 6.45) is 0.0603. The Kier molecular flexibility index (Phi) is 3.89. The van der Waals surface area contributed by atoms with Gasteiger partial charge >= 0.3 is 11.6 Å². The van der Waals surface area contributed by atoms with Gasteiger partial charge in [-0.05, 0) is 37.6 Å². The van der Waals surface area contributed by atoms with Gasteiger partial charge in [0.2, 0.25) is 5.76 Å². The van der Waals surface area contributed by atoms with Gasteiger partial charge in [0.1, 0.15) is 5.75 Å². The van der Waals surface area contributed by atoms with Crippen molar-refractivity contribution in [3.05, 3.63) is 52.6 Å². The van der Waals surface area contributed by atoms with Crippen LogP contribution in [0.2, 0.25) is 0 Å². The molecule has 0 amide bonds. The molecule has 2 aromatic rings. The first-order valence-corrected chi connectivity index (χ1v) is 6.12. The van der Waals surface area contributed by atoms with Crippen LogP contribution in [0.5, 0.6) is 5.75 Å². The lowest BCUT2D eigenvalue weighted by Gasteiger charge is -2.10. The monoisotopic (exact) mass is 274 g/mol. The van der Waals surface area contributed by atoms with Crippen LogP contribution in [0, 0.1) is 0 Å². The van der Waals surface area contributed by atoms with Gasteiger partial charge < -0.3 is 14.3 Å². The van der Waals surface area contributed by atoms with E-state index in [1.807, 2.05) is 13.8 Å². The molecular formula is C15H14O5. The van der Waals surface area contributed by atoms with Crippen molar-refractivity contribution in [3.8, 4) is 16.9 Å². The molecule has 0 bridgehead atoms. The first-order chi connectivity index (χ1) is 9.47. The maximum absolute atomic E-state index is 11.1. The molecule has 1 aromatic carbocycles. The van der Waals surface area contributed by atoms with Crippen molar-refractivity contribution >= 4 is 5.97 Å². The highest BCUT2D eigenvalue weighted by Gasteiger charge is 2.15. The summed E-state index contributed by atoms with van der Waals surface area (Å²) in [7, 11) is 0. The van der Waals surface area contributed by atoms with Crippen LogP contribution in [0.15, 0.2) is 45.6 Å². The Labute approximate surface area is 115 Å². The zero-order valence-corrected chi connectivity index (χ0v) is 11.1. The van der Waals surface area contributed by atoms with Crippen LogP contribution in [-0.4, -0.2) is 17.2 Å². The standard InChI is InChI=1S/C15H14O5/c1-9(2)19-11-5-3-10(4-6-11)12-7-8-13(16)20-14(12)15(17)18/h3-9H,1-2H3,(H,17,18). The van der Waals surface area contributed by atoms with E-state index in [4.69, 9.17) is 14.3 Å². The van der Waals surface area contributed by atoms with Crippen LogP contribution in [-0.2, 0) is 0 Å². The first-order valence-electron chi connectivity index (χ1n) is 6.12. The summed E-state index contributed by atoms with van der Waals surface area (Å²) >= 11 is 0. The van der Waals surface area contributed by atoms with Crippen LogP contribution in [0.4, 0.5) is 0 Å². The number of aromatic carboxylic acids is 1. The normalized spacial score (nSPS) is 10.6. The van der Waals surface area contributed by atoms with Gasteiger partial charge in [-0.25, -0.2) is 9.59 Å². The Hall–Kier alpha value is -2.56. The summed E-state index contributed by atoms with van der Waals surface area (Å²) in [5, 5.41) is 9.07. The number of hydrogen-bond donors (Lipinski definition) is 1. The van der Waals surface area contributed by atoms with E-state index in [2.05, 4.69) is 0 Å². The molecule has 0 spiro atoms. The smallest absolute Gasteiger partial charge is 0.372 e. The third-order valence-corrected chi connectivity index (χ3v) is 2.56. The Bertz CT molecular complexity index is 667. The van der Waals surface area contributed by atoms with E-state index in [1.165, 1.54) is 12.1 Å².